The van der Waals surface area contributed by atoms with Crippen LogP contribution in [0.4, 0.5) is 5.82 Å². The number of amidine groups is 1. The molecule has 1 aliphatic rings. The molecule has 1 aromatic carbocycles. The van der Waals surface area contributed by atoms with E-state index in [0.717, 1.165) is 17.1 Å². The summed E-state index contributed by atoms with van der Waals surface area (Å²) in [6.07, 6.45) is 2.31. The molecule has 2 aromatic rings. The molecule has 1 amide bonds. The number of ether oxygens (including phenoxy) is 1. The highest BCUT2D eigenvalue weighted by Gasteiger charge is 2.32. The van der Waals surface area contributed by atoms with E-state index in [0.29, 0.717) is 12.2 Å². The third-order valence-corrected chi connectivity index (χ3v) is 3.69. The molecular weight excluding hydrogens is 292 g/mol. The van der Waals surface area contributed by atoms with Crippen LogP contribution in [0.15, 0.2) is 53.7 Å². The SMILES string of the molecule is COc1ccc(C2C/C(=N/c3ccccn3)NN2C(C)=O)cc1. The zero-order chi connectivity index (χ0) is 16.2. The van der Waals surface area contributed by atoms with Gasteiger partial charge in [0.15, 0.2) is 5.82 Å². The molecule has 1 fully saturated rings. The minimum Gasteiger partial charge on any atom is -0.497 e. The predicted octanol–water partition coefficient (Wildman–Crippen LogP) is 2.62. The fourth-order valence-electron chi connectivity index (χ4n) is 2.56. The average molecular weight is 310 g/mol. The Labute approximate surface area is 134 Å². The normalized spacial score (nSPS) is 18.8. The molecule has 0 aliphatic carbocycles. The van der Waals surface area contributed by atoms with E-state index in [1.807, 2.05) is 42.5 Å². The van der Waals surface area contributed by atoms with Gasteiger partial charge in [-0.3, -0.25) is 10.2 Å². The summed E-state index contributed by atoms with van der Waals surface area (Å²) < 4.78 is 5.18. The molecule has 1 unspecified atom stereocenters. The molecule has 6 heteroatoms. The molecule has 1 saturated heterocycles. The Morgan fingerprint density at radius 2 is 2.09 bits per heavy atom. The van der Waals surface area contributed by atoms with Gasteiger partial charge in [-0.15, -0.1) is 0 Å². The molecule has 23 heavy (non-hydrogen) atoms. The van der Waals surface area contributed by atoms with Crippen LogP contribution in [0.2, 0.25) is 0 Å². The number of hydrazine groups is 1. The summed E-state index contributed by atoms with van der Waals surface area (Å²) in [5, 5.41) is 1.60. The van der Waals surface area contributed by atoms with Gasteiger partial charge in [0.05, 0.1) is 13.2 Å². The van der Waals surface area contributed by atoms with E-state index in [1.165, 1.54) is 6.92 Å². The summed E-state index contributed by atoms with van der Waals surface area (Å²) in [5.74, 6) is 2.07. The smallest absolute Gasteiger partial charge is 0.238 e. The average Bonchev–Trinajstić information content (AvgIpc) is 3.00. The number of methoxy groups -OCH3 is 1. The van der Waals surface area contributed by atoms with Gasteiger partial charge in [0.2, 0.25) is 5.91 Å². The third-order valence-electron chi connectivity index (χ3n) is 3.69. The Kier molecular flexibility index (Phi) is 4.23. The highest BCUT2D eigenvalue weighted by atomic mass is 16.5. The van der Waals surface area contributed by atoms with Gasteiger partial charge in [0, 0.05) is 19.5 Å². The van der Waals surface area contributed by atoms with Gasteiger partial charge in [-0.1, -0.05) is 18.2 Å². The first-order valence-electron chi connectivity index (χ1n) is 7.36. The first kappa shape index (κ1) is 15.0. The quantitative estimate of drug-likeness (QED) is 0.946. The highest BCUT2D eigenvalue weighted by Crippen LogP contribution is 2.30. The first-order valence-corrected chi connectivity index (χ1v) is 7.36. The lowest BCUT2D eigenvalue weighted by Crippen LogP contribution is -2.38. The number of benzene rings is 1. The van der Waals surface area contributed by atoms with Gasteiger partial charge < -0.3 is 4.74 Å². The molecule has 1 atom stereocenters. The van der Waals surface area contributed by atoms with E-state index in [9.17, 15) is 4.79 Å². The van der Waals surface area contributed by atoms with Crippen LogP contribution in [0.25, 0.3) is 0 Å². The lowest BCUT2D eigenvalue weighted by atomic mass is 10.0. The molecule has 3 rings (SSSR count). The molecule has 0 bridgehead atoms. The fourth-order valence-corrected chi connectivity index (χ4v) is 2.56. The van der Waals surface area contributed by atoms with Gasteiger partial charge >= 0.3 is 0 Å². The zero-order valence-electron chi connectivity index (χ0n) is 13.1. The monoisotopic (exact) mass is 310 g/mol. The van der Waals surface area contributed by atoms with Crippen molar-refractivity contribution in [2.45, 2.75) is 19.4 Å². The van der Waals surface area contributed by atoms with Crippen molar-refractivity contribution in [1.82, 2.24) is 15.4 Å². The Morgan fingerprint density at radius 3 is 2.70 bits per heavy atom. The van der Waals surface area contributed by atoms with Crippen LogP contribution >= 0.6 is 0 Å². The van der Waals surface area contributed by atoms with Crippen LogP contribution in [-0.4, -0.2) is 28.8 Å². The Balaban J connectivity index is 1.86. The van der Waals surface area contributed by atoms with Crippen molar-refractivity contribution in [1.29, 1.82) is 0 Å². The van der Waals surface area contributed by atoms with Crippen LogP contribution in [0.3, 0.4) is 0 Å². The van der Waals surface area contributed by atoms with E-state index in [-0.39, 0.29) is 11.9 Å². The van der Waals surface area contributed by atoms with E-state index < -0.39 is 0 Å². The topological polar surface area (TPSA) is 66.8 Å². The number of hydrogen-bond acceptors (Lipinski definition) is 4. The molecule has 1 aliphatic heterocycles. The number of amides is 1. The minimum absolute atomic E-state index is 0.0583. The van der Waals surface area contributed by atoms with Gasteiger partial charge in [0.25, 0.3) is 0 Å². The number of aromatic nitrogens is 1. The summed E-state index contributed by atoms with van der Waals surface area (Å²) in [6, 6.07) is 13.2. The van der Waals surface area contributed by atoms with Gasteiger partial charge in [-0.25, -0.2) is 15.0 Å². The van der Waals surface area contributed by atoms with E-state index >= 15 is 0 Å². The summed E-state index contributed by atoms with van der Waals surface area (Å²) in [5.41, 5.74) is 4.11. The second-order valence-corrected chi connectivity index (χ2v) is 5.24. The molecule has 1 aromatic heterocycles. The molecule has 0 saturated carbocycles. The zero-order valence-corrected chi connectivity index (χ0v) is 13.1. The standard InChI is InChI=1S/C17H18N4O2/c1-12(22)21-15(13-6-8-14(23-2)9-7-13)11-17(20-21)19-16-5-3-4-10-18-16/h3-10,15H,11H2,1-2H3,(H,18,19,20). The summed E-state index contributed by atoms with van der Waals surface area (Å²) >= 11 is 0. The predicted molar refractivity (Wildman–Crippen MR) is 87.3 cm³/mol. The van der Waals surface area contributed by atoms with Crippen LogP contribution in [0.1, 0.15) is 24.9 Å². The Hall–Kier alpha value is -2.89. The second kappa shape index (κ2) is 6.48. The maximum Gasteiger partial charge on any atom is 0.238 e. The molecular formula is C17H18N4O2. The maximum absolute atomic E-state index is 11.9. The number of carbonyl (C=O) groups is 1. The number of nitrogens with zero attached hydrogens (tertiary/aromatic N) is 3. The van der Waals surface area contributed by atoms with Gasteiger partial charge in [0.1, 0.15) is 11.6 Å². The van der Waals surface area contributed by atoms with Crippen LogP contribution in [0.5, 0.6) is 5.75 Å². The maximum atomic E-state index is 11.9. The number of carbonyl (C=O) groups excluding carboxylic acids is 1. The van der Waals surface area contributed by atoms with Crippen molar-refractivity contribution >= 4 is 17.6 Å². The minimum atomic E-state index is -0.0964. The van der Waals surface area contributed by atoms with Gasteiger partial charge in [-0.2, -0.15) is 0 Å². The van der Waals surface area contributed by atoms with E-state index in [1.54, 1.807) is 18.3 Å². The number of nitrogens with one attached hydrogen (secondary N) is 1. The Bertz CT molecular complexity index is 713. The molecule has 6 nitrogen and oxygen atoms in total. The molecule has 0 radical (unpaired) electrons. The second-order valence-electron chi connectivity index (χ2n) is 5.24. The van der Waals surface area contributed by atoms with Crippen LogP contribution in [-0.2, 0) is 4.79 Å². The van der Waals surface area contributed by atoms with Crippen molar-refractivity contribution in [2.75, 3.05) is 7.11 Å². The Morgan fingerprint density at radius 1 is 1.30 bits per heavy atom. The first-order chi connectivity index (χ1) is 11.2. The van der Waals surface area contributed by atoms with E-state index in [4.69, 9.17) is 4.74 Å². The number of rotatable bonds is 3. The van der Waals surface area contributed by atoms with Crippen LogP contribution in [0, 0.1) is 0 Å². The van der Waals surface area contributed by atoms with Crippen molar-refractivity contribution < 1.29 is 9.53 Å². The lowest BCUT2D eigenvalue weighted by molar-refractivity contribution is -0.132. The van der Waals surface area contributed by atoms with Crippen molar-refractivity contribution in [3.05, 3.63) is 54.2 Å². The summed E-state index contributed by atoms with van der Waals surface area (Å²) in [7, 11) is 1.63. The molecule has 0 spiro atoms. The fraction of sp³-hybridized carbons (Fsp3) is 0.235. The molecule has 1 N–H and O–H groups in total. The summed E-state index contributed by atoms with van der Waals surface area (Å²) in [6.45, 7) is 1.53. The number of aliphatic imine (C=N–C) groups is 1. The number of hydrogen-bond donors (Lipinski definition) is 1. The highest BCUT2D eigenvalue weighted by molar-refractivity contribution is 5.90. The third kappa shape index (κ3) is 3.31. The largest absolute Gasteiger partial charge is 0.497 e. The number of pyridine rings is 1. The van der Waals surface area contributed by atoms with Crippen molar-refractivity contribution in [3.63, 3.8) is 0 Å². The molecule has 118 valence electrons. The van der Waals surface area contributed by atoms with Crippen molar-refractivity contribution in [3.8, 4) is 5.75 Å². The summed E-state index contributed by atoms with van der Waals surface area (Å²) in [4.78, 5) is 20.6. The van der Waals surface area contributed by atoms with Crippen LogP contribution < -0.4 is 10.2 Å². The lowest BCUT2D eigenvalue weighted by Gasteiger charge is -2.22. The molecule has 2 heterocycles. The van der Waals surface area contributed by atoms with Crippen molar-refractivity contribution in [2.24, 2.45) is 4.99 Å². The van der Waals surface area contributed by atoms with E-state index in [2.05, 4.69) is 15.4 Å². The van der Waals surface area contributed by atoms with Gasteiger partial charge in [-0.05, 0) is 29.8 Å².